The Kier molecular flexibility index (Phi) is 4.49. The van der Waals surface area contributed by atoms with Gasteiger partial charge in [-0.3, -0.25) is 19.3 Å². The molecule has 1 N–H and O–H groups in total. The number of halogens is 1. The Hall–Kier alpha value is -2.47. The molecule has 2 aromatic carbocycles. The molecule has 1 aliphatic heterocycles. The molecule has 0 saturated carbocycles. The summed E-state index contributed by atoms with van der Waals surface area (Å²) < 4.78 is 0.954. The van der Waals surface area contributed by atoms with Gasteiger partial charge in [-0.05, 0) is 36.8 Å². The van der Waals surface area contributed by atoms with E-state index in [1.54, 1.807) is 24.3 Å². The van der Waals surface area contributed by atoms with Gasteiger partial charge < -0.3 is 5.32 Å². The van der Waals surface area contributed by atoms with Crippen LogP contribution < -0.4 is 5.32 Å². The number of carbonyl (C=O) groups excluding carboxylic acids is 3. The fraction of sp³-hybridized carbons (Fsp3) is 0.167. The van der Waals surface area contributed by atoms with Crippen LogP contribution in [0.3, 0.4) is 0 Å². The lowest BCUT2D eigenvalue weighted by molar-refractivity contribution is -0.122. The van der Waals surface area contributed by atoms with E-state index in [2.05, 4.69) is 21.2 Å². The Labute approximate surface area is 147 Å². The van der Waals surface area contributed by atoms with Crippen LogP contribution in [-0.4, -0.2) is 29.2 Å². The minimum Gasteiger partial charge on any atom is -0.348 e. The van der Waals surface area contributed by atoms with Gasteiger partial charge >= 0.3 is 0 Å². The van der Waals surface area contributed by atoms with Gasteiger partial charge in [0.2, 0.25) is 5.91 Å². The molecular formula is C18H15BrN2O3. The maximum atomic E-state index is 12.3. The summed E-state index contributed by atoms with van der Waals surface area (Å²) in [6.45, 7) is 1.57. The smallest absolute Gasteiger partial charge is 0.262 e. The highest BCUT2D eigenvalue weighted by molar-refractivity contribution is 9.10. The highest BCUT2D eigenvalue weighted by Crippen LogP contribution is 2.22. The Bertz CT molecular complexity index is 782. The number of nitrogens with zero attached hydrogens (tertiary/aromatic N) is 1. The molecule has 24 heavy (non-hydrogen) atoms. The second-order valence-electron chi connectivity index (χ2n) is 5.58. The number of nitrogens with one attached hydrogen (secondary N) is 1. The van der Waals surface area contributed by atoms with Crippen LogP contribution in [0.25, 0.3) is 0 Å². The lowest BCUT2D eigenvalue weighted by Gasteiger charge is -2.18. The first-order valence-corrected chi connectivity index (χ1v) is 8.26. The quantitative estimate of drug-likeness (QED) is 0.821. The van der Waals surface area contributed by atoms with Crippen molar-refractivity contribution in [1.29, 1.82) is 0 Å². The molecule has 1 unspecified atom stereocenters. The fourth-order valence-corrected chi connectivity index (χ4v) is 2.91. The van der Waals surface area contributed by atoms with Crippen LogP contribution in [0.1, 0.15) is 39.2 Å². The molecule has 1 atom stereocenters. The van der Waals surface area contributed by atoms with Gasteiger partial charge in [0.15, 0.2) is 0 Å². The van der Waals surface area contributed by atoms with Gasteiger partial charge in [-0.1, -0.05) is 40.2 Å². The Morgan fingerprint density at radius 1 is 1.04 bits per heavy atom. The molecule has 0 aliphatic carbocycles. The zero-order valence-electron chi connectivity index (χ0n) is 13.0. The number of benzene rings is 2. The molecule has 1 aliphatic rings. The predicted octanol–water partition coefficient (Wildman–Crippen LogP) is 2.92. The Morgan fingerprint density at radius 3 is 2.12 bits per heavy atom. The number of imide groups is 1. The van der Waals surface area contributed by atoms with E-state index in [9.17, 15) is 14.4 Å². The van der Waals surface area contributed by atoms with Crippen molar-refractivity contribution in [1.82, 2.24) is 10.2 Å². The highest BCUT2D eigenvalue weighted by Gasteiger charge is 2.36. The van der Waals surface area contributed by atoms with Crippen LogP contribution in [0.15, 0.2) is 53.0 Å². The standard InChI is InChI=1S/C18H15BrN2O3/c1-11(12-6-8-13(19)9-7-12)20-16(22)10-21-17(23)14-4-2-3-5-15(14)18(21)24/h2-9,11H,10H2,1H3,(H,20,22). The van der Waals surface area contributed by atoms with E-state index in [0.717, 1.165) is 14.9 Å². The number of fused-ring (bicyclic) bond motifs is 1. The summed E-state index contributed by atoms with van der Waals surface area (Å²) in [6, 6.07) is 13.9. The van der Waals surface area contributed by atoms with E-state index in [4.69, 9.17) is 0 Å². The SMILES string of the molecule is CC(NC(=O)CN1C(=O)c2ccccc2C1=O)c1ccc(Br)cc1. The van der Waals surface area contributed by atoms with Crippen LogP contribution in [0.4, 0.5) is 0 Å². The normalized spacial score (nSPS) is 14.5. The first-order valence-electron chi connectivity index (χ1n) is 7.47. The topological polar surface area (TPSA) is 66.5 Å². The maximum Gasteiger partial charge on any atom is 0.262 e. The zero-order chi connectivity index (χ0) is 17.3. The van der Waals surface area contributed by atoms with Crippen molar-refractivity contribution in [3.63, 3.8) is 0 Å². The van der Waals surface area contributed by atoms with Crippen LogP contribution in [0.2, 0.25) is 0 Å². The molecule has 5 nitrogen and oxygen atoms in total. The number of hydrogen-bond donors (Lipinski definition) is 1. The Morgan fingerprint density at radius 2 is 1.58 bits per heavy atom. The van der Waals surface area contributed by atoms with Crippen molar-refractivity contribution in [2.24, 2.45) is 0 Å². The molecule has 122 valence electrons. The van der Waals surface area contributed by atoms with Gasteiger partial charge in [-0.25, -0.2) is 0 Å². The lowest BCUT2D eigenvalue weighted by atomic mass is 10.1. The van der Waals surface area contributed by atoms with Crippen molar-refractivity contribution in [2.45, 2.75) is 13.0 Å². The van der Waals surface area contributed by atoms with Crippen LogP contribution >= 0.6 is 15.9 Å². The largest absolute Gasteiger partial charge is 0.348 e. The molecule has 3 rings (SSSR count). The van der Waals surface area contributed by atoms with Crippen molar-refractivity contribution >= 4 is 33.7 Å². The van der Waals surface area contributed by atoms with Crippen molar-refractivity contribution in [2.75, 3.05) is 6.54 Å². The number of hydrogen-bond acceptors (Lipinski definition) is 3. The second-order valence-corrected chi connectivity index (χ2v) is 6.50. The fourth-order valence-electron chi connectivity index (χ4n) is 2.65. The third-order valence-electron chi connectivity index (χ3n) is 3.93. The third-order valence-corrected chi connectivity index (χ3v) is 4.46. The molecule has 6 heteroatoms. The summed E-state index contributed by atoms with van der Waals surface area (Å²) in [6.07, 6.45) is 0. The number of rotatable bonds is 4. The summed E-state index contributed by atoms with van der Waals surface area (Å²) in [4.78, 5) is 37.7. The summed E-state index contributed by atoms with van der Waals surface area (Å²) in [5.41, 5.74) is 1.63. The van der Waals surface area contributed by atoms with Gasteiger partial charge in [-0.2, -0.15) is 0 Å². The van der Waals surface area contributed by atoms with E-state index < -0.39 is 11.8 Å². The van der Waals surface area contributed by atoms with Gasteiger partial charge in [0.1, 0.15) is 6.54 Å². The van der Waals surface area contributed by atoms with E-state index in [0.29, 0.717) is 11.1 Å². The van der Waals surface area contributed by atoms with Crippen LogP contribution in [0.5, 0.6) is 0 Å². The monoisotopic (exact) mass is 386 g/mol. The minimum atomic E-state index is -0.429. The summed E-state index contributed by atoms with van der Waals surface area (Å²) in [5, 5.41) is 2.81. The van der Waals surface area contributed by atoms with E-state index in [1.165, 1.54) is 0 Å². The molecule has 2 aromatic rings. The van der Waals surface area contributed by atoms with Gasteiger partial charge in [-0.15, -0.1) is 0 Å². The minimum absolute atomic E-state index is 0.221. The van der Waals surface area contributed by atoms with Gasteiger partial charge in [0.05, 0.1) is 17.2 Å². The van der Waals surface area contributed by atoms with Crippen LogP contribution in [-0.2, 0) is 4.79 Å². The molecule has 0 radical (unpaired) electrons. The second kappa shape index (κ2) is 6.57. The highest BCUT2D eigenvalue weighted by atomic mass is 79.9. The summed E-state index contributed by atoms with van der Waals surface area (Å²) in [5.74, 6) is -1.23. The molecule has 0 bridgehead atoms. The van der Waals surface area contributed by atoms with E-state index in [1.807, 2.05) is 31.2 Å². The average molecular weight is 387 g/mol. The molecule has 0 fully saturated rings. The molecule has 0 spiro atoms. The van der Waals surface area contributed by atoms with Gasteiger partial charge in [0.25, 0.3) is 11.8 Å². The van der Waals surface area contributed by atoms with Crippen molar-refractivity contribution in [3.05, 3.63) is 69.7 Å². The molecule has 1 heterocycles. The maximum absolute atomic E-state index is 12.3. The van der Waals surface area contributed by atoms with Crippen molar-refractivity contribution in [3.8, 4) is 0 Å². The third kappa shape index (κ3) is 3.10. The molecule has 0 saturated heterocycles. The molecule has 3 amide bonds. The van der Waals surface area contributed by atoms with Crippen LogP contribution in [0, 0.1) is 0 Å². The number of amides is 3. The molecule has 0 aromatic heterocycles. The number of carbonyl (C=O) groups is 3. The zero-order valence-corrected chi connectivity index (χ0v) is 14.5. The lowest BCUT2D eigenvalue weighted by Crippen LogP contribution is -2.41. The Balaban J connectivity index is 1.66. The van der Waals surface area contributed by atoms with Crippen molar-refractivity contribution < 1.29 is 14.4 Å². The van der Waals surface area contributed by atoms with Gasteiger partial charge in [0, 0.05) is 4.47 Å². The van der Waals surface area contributed by atoms with E-state index >= 15 is 0 Å². The summed E-state index contributed by atoms with van der Waals surface area (Å²) in [7, 11) is 0. The molecular weight excluding hydrogens is 372 g/mol. The summed E-state index contributed by atoms with van der Waals surface area (Å²) >= 11 is 3.36. The van der Waals surface area contributed by atoms with E-state index in [-0.39, 0.29) is 18.5 Å². The first kappa shape index (κ1) is 16.4. The first-order chi connectivity index (χ1) is 11.5. The predicted molar refractivity (Wildman–Crippen MR) is 92.5 cm³/mol. The average Bonchev–Trinajstić information content (AvgIpc) is 2.81.